The van der Waals surface area contributed by atoms with E-state index in [1.165, 1.54) is 24.3 Å². The van der Waals surface area contributed by atoms with Gasteiger partial charge < -0.3 is 4.74 Å². The summed E-state index contributed by atoms with van der Waals surface area (Å²) in [4.78, 5) is 7.76. The van der Waals surface area contributed by atoms with Crippen molar-refractivity contribution in [3.63, 3.8) is 0 Å². The van der Waals surface area contributed by atoms with Gasteiger partial charge in [-0.3, -0.25) is 4.72 Å². The number of nitrogens with one attached hydrogen (secondary N) is 1. The van der Waals surface area contributed by atoms with Gasteiger partial charge >= 0.3 is 6.01 Å². The molecule has 8 heteroatoms. The van der Waals surface area contributed by atoms with E-state index in [-0.39, 0.29) is 10.9 Å². The lowest BCUT2D eigenvalue weighted by molar-refractivity contribution is 0.442. The van der Waals surface area contributed by atoms with Gasteiger partial charge in [-0.25, -0.2) is 22.8 Å². The Hall–Kier alpha value is -3.00. The second-order valence-corrected chi connectivity index (χ2v) is 6.82. The number of anilines is 1. The summed E-state index contributed by atoms with van der Waals surface area (Å²) in [5.74, 6) is -0.159. The van der Waals surface area contributed by atoms with Crippen LogP contribution in [0.4, 0.5) is 10.1 Å². The highest BCUT2D eigenvalue weighted by Crippen LogP contribution is 2.23. The minimum atomic E-state index is -3.89. The Balaban J connectivity index is 1.78. The fourth-order valence-electron chi connectivity index (χ4n) is 2.11. The third-order valence-electron chi connectivity index (χ3n) is 3.30. The second-order valence-electron chi connectivity index (χ2n) is 5.17. The normalized spacial score (nSPS) is 11.1. The summed E-state index contributed by atoms with van der Waals surface area (Å²) in [6.07, 6.45) is 3.10. The Bertz CT molecular complexity index is 978. The van der Waals surface area contributed by atoms with Crippen LogP contribution in [-0.4, -0.2) is 18.4 Å². The first kappa shape index (κ1) is 16.8. The van der Waals surface area contributed by atoms with Crippen LogP contribution in [-0.2, 0) is 10.0 Å². The highest BCUT2D eigenvalue weighted by atomic mass is 32.2. The summed E-state index contributed by atoms with van der Waals surface area (Å²) in [6, 6.07) is 11.7. The smallest absolute Gasteiger partial charge is 0.321 e. The topological polar surface area (TPSA) is 81.2 Å². The van der Waals surface area contributed by atoms with Crippen molar-refractivity contribution in [3.05, 3.63) is 72.3 Å². The van der Waals surface area contributed by atoms with Crippen molar-refractivity contribution < 1.29 is 17.5 Å². The molecule has 2 aromatic carbocycles. The van der Waals surface area contributed by atoms with Gasteiger partial charge in [-0.05, 0) is 55.0 Å². The molecule has 0 amide bonds. The number of hydrogen-bond acceptors (Lipinski definition) is 5. The molecule has 128 valence electrons. The predicted molar refractivity (Wildman–Crippen MR) is 90.5 cm³/mol. The minimum Gasteiger partial charge on any atom is -0.424 e. The molecule has 0 spiro atoms. The highest BCUT2D eigenvalue weighted by molar-refractivity contribution is 7.92. The molecule has 1 heterocycles. The fraction of sp³-hybridized carbons (Fsp3) is 0.0588. The molecule has 0 aliphatic rings. The monoisotopic (exact) mass is 359 g/mol. The molecule has 3 aromatic rings. The van der Waals surface area contributed by atoms with Gasteiger partial charge in [-0.15, -0.1) is 0 Å². The van der Waals surface area contributed by atoms with Crippen LogP contribution in [0.5, 0.6) is 11.8 Å². The number of sulfonamides is 1. The van der Waals surface area contributed by atoms with Crippen LogP contribution in [0.15, 0.2) is 65.8 Å². The van der Waals surface area contributed by atoms with Crippen LogP contribution in [0.25, 0.3) is 0 Å². The predicted octanol–water partition coefficient (Wildman–Crippen LogP) is 3.52. The molecule has 0 atom stereocenters. The van der Waals surface area contributed by atoms with Gasteiger partial charge in [-0.2, -0.15) is 0 Å². The molecule has 6 nitrogen and oxygen atoms in total. The van der Waals surface area contributed by atoms with Crippen molar-refractivity contribution in [3.8, 4) is 11.8 Å². The van der Waals surface area contributed by atoms with Gasteiger partial charge in [0, 0.05) is 18.1 Å². The molecule has 0 unspecified atom stereocenters. The van der Waals surface area contributed by atoms with Crippen LogP contribution < -0.4 is 9.46 Å². The zero-order valence-electron chi connectivity index (χ0n) is 13.2. The molecular formula is C17H14FN3O3S. The fourth-order valence-corrected chi connectivity index (χ4v) is 3.42. The summed E-state index contributed by atoms with van der Waals surface area (Å²) in [7, 11) is -3.89. The average Bonchev–Trinajstić information content (AvgIpc) is 2.59. The number of nitrogens with zero attached hydrogens (tertiary/aromatic N) is 2. The van der Waals surface area contributed by atoms with E-state index in [9.17, 15) is 12.8 Å². The van der Waals surface area contributed by atoms with E-state index in [2.05, 4.69) is 14.7 Å². The standard InChI is InChI=1S/C17H14FN3O3S/c1-12-3-4-13(18)11-16(12)25(22,23)21-14-5-7-15(8-6-14)24-17-19-9-2-10-20-17/h2-11,21H,1H3. The summed E-state index contributed by atoms with van der Waals surface area (Å²) < 4.78 is 46.0. The minimum absolute atomic E-state index is 0.106. The summed E-state index contributed by atoms with van der Waals surface area (Å²) in [6.45, 7) is 1.60. The van der Waals surface area contributed by atoms with Crippen LogP contribution in [0.2, 0.25) is 0 Å². The average molecular weight is 359 g/mol. The SMILES string of the molecule is Cc1ccc(F)cc1S(=O)(=O)Nc1ccc(Oc2ncccn2)cc1. The molecule has 0 saturated carbocycles. The van der Waals surface area contributed by atoms with Crippen LogP contribution in [0.3, 0.4) is 0 Å². The van der Waals surface area contributed by atoms with Crippen molar-refractivity contribution in [1.29, 1.82) is 0 Å². The number of aryl methyl sites for hydroxylation is 1. The molecular weight excluding hydrogens is 345 g/mol. The lowest BCUT2D eigenvalue weighted by Crippen LogP contribution is -2.14. The van der Waals surface area contributed by atoms with E-state index in [4.69, 9.17) is 4.74 Å². The first-order chi connectivity index (χ1) is 11.9. The van der Waals surface area contributed by atoms with Gasteiger partial charge in [0.05, 0.1) is 4.90 Å². The van der Waals surface area contributed by atoms with E-state index in [0.717, 1.165) is 6.07 Å². The number of aromatic nitrogens is 2. The Labute approximate surface area is 144 Å². The van der Waals surface area contributed by atoms with Crippen molar-refractivity contribution >= 4 is 15.7 Å². The Morgan fingerprint density at radius 2 is 1.72 bits per heavy atom. The third kappa shape index (κ3) is 4.10. The molecule has 0 saturated heterocycles. The lowest BCUT2D eigenvalue weighted by atomic mass is 10.2. The molecule has 0 bridgehead atoms. The van der Waals surface area contributed by atoms with Crippen LogP contribution >= 0.6 is 0 Å². The number of halogens is 1. The van der Waals surface area contributed by atoms with Gasteiger partial charge in [0.15, 0.2) is 0 Å². The Morgan fingerprint density at radius 3 is 2.40 bits per heavy atom. The maximum atomic E-state index is 13.4. The first-order valence-electron chi connectivity index (χ1n) is 7.28. The zero-order chi connectivity index (χ0) is 17.9. The third-order valence-corrected chi connectivity index (χ3v) is 4.82. The van der Waals surface area contributed by atoms with Crippen LogP contribution in [0.1, 0.15) is 5.56 Å². The van der Waals surface area contributed by atoms with Gasteiger partial charge in [0.2, 0.25) is 0 Å². The van der Waals surface area contributed by atoms with E-state index in [1.807, 2.05) is 0 Å². The van der Waals surface area contributed by atoms with E-state index < -0.39 is 15.8 Å². The molecule has 3 rings (SSSR count). The van der Waals surface area contributed by atoms with Crippen molar-refractivity contribution in [2.45, 2.75) is 11.8 Å². The summed E-state index contributed by atoms with van der Waals surface area (Å²) >= 11 is 0. The van der Waals surface area contributed by atoms with E-state index in [0.29, 0.717) is 17.0 Å². The molecule has 0 aliphatic carbocycles. The van der Waals surface area contributed by atoms with E-state index in [1.54, 1.807) is 37.5 Å². The number of hydrogen-bond donors (Lipinski definition) is 1. The molecule has 1 N–H and O–H groups in total. The summed E-state index contributed by atoms with van der Waals surface area (Å²) in [5.41, 5.74) is 0.778. The lowest BCUT2D eigenvalue weighted by Gasteiger charge is -2.11. The number of benzene rings is 2. The Kier molecular flexibility index (Phi) is 4.62. The maximum absolute atomic E-state index is 13.4. The van der Waals surface area contributed by atoms with Gasteiger partial charge in [0.25, 0.3) is 10.0 Å². The molecule has 0 radical (unpaired) electrons. The molecule has 0 fully saturated rings. The molecule has 0 aliphatic heterocycles. The summed E-state index contributed by atoms with van der Waals surface area (Å²) in [5, 5.41) is 0. The van der Waals surface area contributed by atoms with Crippen LogP contribution in [0, 0.1) is 12.7 Å². The van der Waals surface area contributed by atoms with Crippen molar-refractivity contribution in [2.75, 3.05) is 4.72 Å². The molecule has 25 heavy (non-hydrogen) atoms. The van der Waals surface area contributed by atoms with Crippen molar-refractivity contribution in [2.24, 2.45) is 0 Å². The quantitative estimate of drug-likeness (QED) is 0.754. The maximum Gasteiger partial charge on any atom is 0.321 e. The largest absolute Gasteiger partial charge is 0.424 e. The van der Waals surface area contributed by atoms with Gasteiger partial charge in [0.1, 0.15) is 11.6 Å². The molecule has 1 aromatic heterocycles. The number of ether oxygens (including phenoxy) is 1. The first-order valence-corrected chi connectivity index (χ1v) is 8.76. The van der Waals surface area contributed by atoms with E-state index >= 15 is 0 Å². The highest BCUT2D eigenvalue weighted by Gasteiger charge is 2.17. The second kappa shape index (κ2) is 6.86. The van der Waals surface area contributed by atoms with Gasteiger partial charge in [-0.1, -0.05) is 6.07 Å². The zero-order valence-corrected chi connectivity index (χ0v) is 14.0. The Morgan fingerprint density at radius 1 is 1.04 bits per heavy atom. The van der Waals surface area contributed by atoms with Crippen molar-refractivity contribution in [1.82, 2.24) is 9.97 Å². The number of rotatable bonds is 5.